The van der Waals surface area contributed by atoms with Gasteiger partial charge in [-0.3, -0.25) is 9.89 Å². The molecule has 5 atom stereocenters. The standard InChI is InChI=1S/C31H42N2O8S/c1-7-16-38-30(35)33(31(2,3)4)29-32-25-27(40-19-21-10-14-23(37-6)15-11-21)26(24(17-34)41-28(25)42-29)39-18-20-8-12-22(36-5)13-9-20/h8-15,24-28,34H,7,16-19H2,1-6H3/t24-,25?,26-,27-,28?/m1/s1. The van der Waals surface area contributed by atoms with Crippen molar-refractivity contribution in [1.82, 2.24) is 4.90 Å². The second kappa shape index (κ2) is 14.6. The molecule has 11 heteroatoms. The maximum Gasteiger partial charge on any atom is 0.416 e. The molecule has 1 fully saturated rings. The molecule has 42 heavy (non-hydrogen) atoms. The van der Waals surface area contributed by atoms with Crippen molar-refractivity contribution in [3.8, 4) is 11.5 Å². The lowest BCUT2D eigenvalue weighted by atomic mass is 9.97. The maximum atomic E-state index is 13.1. The highest BCUT2D eigenvalue weighted by Gasteiger charge is 2.52. The van der Waals surface area contributed by atoms with E-state index >= 15 is 0 Å². The molecule has 10 nitrogen and oxygen atoms in total. The molecular formula is C31H42N2O8S. The van der Waals surface area contributed by atoms with Crippen molar-refractivity contribution in [2.75, 3.05) is 27.4 Å². The van der Waals surface area contributed by atoms with Gasteiger partial charge in [0.05, 0.1) is 40.6 Å². The zero-order valence-corrected chi connectivity index (χ0v) is 26.0. The molecule has 0 spiro atoms. The number of rotatable bonds is 11. The summed E-state index contributed by atoms with van der Waals surface area (Å²) in [5, 5.41) is 10.9. The molecule has 1 saturated heterocycles. The average Bonchev–Trinajstić information content (AvgIpc) is 3.40. The number of fused-ring (bicyclic) bond motifs is 1. The van der Waals surface area contributed by atoms with Gasteiger partial charge < -0.3 is 33.5 Å². The number of aliphatic hydroxyl groups excluding tert-OH is 1. The van der Waals surface area contributed by atoms with E-state index in [0.29, 0.717) is 18.2 Å². The summed E-state index contributed by atoms with van der Waals surface area (Å²) >= 11 is 1.34. The van der Waals surface area contributed by atoms with Crippen LogP contribution in [-0.2, 0) is 32.2 Å². The van der Waals surface area contributed by atoms with E-state index in [-0.39, 0.29) is 19.8 Å². The van der Waals surface area contributed by atoms with Crippen molar-refractivity contribution in [1.29, 1.82) is 0 Å². The molecule has 2 aliphatic heterocycles. The Morgan fingerprint density at radius 3 is 1.98 bits per heavy atom. The van der Waals surface area contributed by atoms with Crippen molar-refractivity contribution in [3.63, 3.8) is 0 Å². The van der Waals surface area contributed by atoms with Gasteiger partial charge in [-0.05, 0) is 62.6 Å². The molecule has 2 aromatic carbocycles. The number of carbonyl (C=O) groups excluding carboxylic acids is 1. The monoisotopic (exact) mass is 602 g/mol. The van der Waals surface area contributed by atoms with Crippen LogP contribution in [0.25, 0.3) is 0 Å². The molecule has 0 radical (unpaired) electrons. The topological polar surface area (TPSA) is 108 Å². The molecule has 0 saturated carbocycles. The largest absolute Gasteiger partial charge is 0.497 e. The number of hydrogen-bond acceptors (Lipinski definition) is 10. The summed E-state index contributed by atoms with van der Waals surface area (Å²) in [5.41, 5.74) is 0.806. The summed E-state index contributed by atoms with van der Waals surface area (Å²) < 4.78 is 35.3. The van der Waals surface area contributed by atoms with Crippen molar-refractivity contribution >= 4 is 23.0 Å². The first-order valence-electron chi connectivity index (χ1n) is 14.1. The third kappa shape index (κ3) is 7.76. The number of amidine groups is 1. The Bertz CT molecular complexity index is 1180. The highest BCUT2D eigenvalue weighted by Crippen LogP contribution is 2.41. The minimum absolute atomic E-state index is 0.268. The molecule has 2 aromatic rings. The third-order valence-electron chi connectivity index (χ3n) is 6.95. The van der Waals surface area contributed by atoms with Crippen LogP contribution in [0.2, 0.25) is 0 Å². The van der Waals surface area contributed by atoms with Crippen molar-refractivity contribution in [3.05, 3.63) is 59.7 Å². The Balaban J connectivity index is 1.62. The number of carbonyl (C=O) groups is 1. The van der Waals surface area contributed by atoms with Gasteiger partial charge in [-0.1, -0.05) is 43.0 Å². The van der Waals surface area contributed by atoms with Crippen LogP contribution in [0.5, 0.6) is 11.5 Å². The van der Waals surface area contributed by atoms with Crippen LogP contribution < -0.4 is 9.47 Å². The van der Waals surface area contributed by atoms with Crippen LogP contribution in [0.3, 0.4) is 0 Å². The summed E-state index contributed by atoms with van der Waals surface area (Å²) in [6.45, 7) is 8.35. The minimum atomic E-state index is -0.664. The second-order valence-corrected chi connectivity index (χ2v) is 12.2. The lowest BCUT2D eigenvalue weighted by Gasteiger charge is -2.42. The number of ether oxygens (including phenoxy) is 6. The van der Waals surface area contributed by atoms with Gasteiger partial charge in [0.15, 0.2) is 5.17 Å². The number of aliphatic hydroxyl groups is 1. The Morgan fingerprint density at radius 2 is 1.50 bits per heavy atom. The van der Waals surface area contributed by atoms with Gasteiger partial charge in [0.1, 0.15) is 41.3 Å². The summed E-state index contributed by atoms with van der Waals surface area (Å²) in [6.07, 6.45) is -1.61. The van der Waals surface area contributed by atoms with Gasteiger partial charge in [0.25, 0.3) is 0 Å². The predicted octanol–water partition coefficient (Wildman–Crippen LogP) is 5.01. The molecule has 4 rings (SSSR count). The molecule has 1 amide bonds. The minimum Gasteiger partial charge on any atom is -0.497 e. The summed E-state index contributed by atoms with van der Waals surface area (Å²) in [4.78, 5) is 19.7. The van der Waals surface area contributed by atoms with E-state index in [9.17, 15) is 9.90 Å². The molecule has 0 aliphatic carbocycles. The van der Waals surface area contributed by atoms with Crippen LogP contribution in [0.4, 0.5) is 4.79 Å². The zero-order valence-electron chi connectivity index (χ0n) is 25.1. The smallest absolute Gasteiger partial charge is 0.416 e. The first-order valence-corrected chi connectivity index (χ1v) is 15.0. The number of thioether (sulfide) groups is 1. The molecule has 0 aromatic heterocycles. The van der Waals surface area contributed by atoms with E-state index in [1.807, 2.05) is 76.2 Å². The lowest BCUT2D eigenvalue weighted by molar-refractivity contribution is -0.205. The fourth-order valence-corrected chi connectivity index (χ4v) is 6.16. The van der Waals surface area contributed by atoms with Gasteiger partial charge in [0.2, 0.25) is 0 Å². The fourth-order valence-electron chi connectivity index (χ4n) is 4.76. The maximum absolute atomic E-state index is 13.1. The summed E-state index contributed by atoms with van der Waals surface area (Å²) in [7, 11) is 3.25. The number of nitrogens with zero attached hydrogens (tertiary/aromatic N) is 2. The molecule has 0 bridgehead atoms. The van der Waals surface area contributed by atoms with Gasteiger partial charge in [0, 0.05) is 5.54 Å². The third-order valence-corrected chi connectivity index (χ3v) is 8.07. The fraction of sp³-hybridized carbons (Fsp3) is 0.548. The summed E-state index contributed by atoms with van der Waals surface area (Å²) in [6, 6.07) is 14.7. The van der Waals surface area contributed by atoms with Gasteiger partial charge in [-0.15, -0.1) is 0 Å². The van der Waals surface area contributed by atoms with Crippen molar-refractivity contribution in [2.45, 2.75) is 82.7 Å². The van der Waals surface area contributed by atoms with Crippen LogP contribution >= 0.6 is 11.8 Å². The Morgan fingerprint density at radius 1 is 0.952 bits per heavy atom. The highest BCUT2D eigenvalue weighted by atomic mass is 32.2. The Labute approximate surface area is 252 Å². The molecule has 230 valence electrons. The molecule has 2 aliphatic rings. The quantitative estimate of drug-likeness (QED) is 0.380. The zero-order chi connectivity index (χ0) is 30.3. The van der Waals surface area contributed by atoms with E-state index < -0.39 is 41.4 Å². The molecule has 2 unspecified atom stereocenters. The molecular weight excluding hydrogens is 560 g/mol. The van der Waals surface area contributed by atoms with Crippen molar-refractivity contribution < 1.29 is 38.3 Å². The van der Waals surface area contributed by atoms with Gasteiger partial charge >= 0.3 is 6.09 Å². The number of hydrogen-bond donors (Lipinski definition) is 1. The number of benzene rings is 2. The molecule has 1 N–H and O–H groups in total. The van der Waals surface area contributed by atoms with E-state index in [1.165, 1.54) is 11.8 Å². The number of amides is 1. The average molecular weight is 603 g/mol. The number of methoxy groups -OCH3 is 2. The lowest BCUT2D eigenvalue weighted by Crippen LogP contribution is -2.57. The Kier molecular flexibility index (Phi) is 11.1. The van der Waals surface area contributed by atoms with Crippen LogP contribution in [0.1, 0.15) is 45.2 Å². The first-order chi connectivity index (χ1) is 20.2. The van der Waals surface area contributed by atoms with E-state index in [4.69, 9.17) is 33.4 Å². The van der Waals surface area contributed by atoms with E-state index in [1.54, 1.807) is 19.1 Å². The van der Waals surface area contributed by atoms with Crippen LogP contribution in [-0.4, -0.2) is 84.0 Å². The van der Waals surface area contributed by atoms with Crippen molar-refractivity contribution in [2.24, 2.45) is 4.99 Å². The second-order valence-electron chi connectivity index (χ2n) is 11.1. The normalized spacial score (nSPS) is 23.6. The Hall–Kier alpha value is -2.83. The summed E-state index contributed by atoms with van der Waals surface area (Å²) in [5.74, 6) is 1.51. The van der Waals surface area contributed by atoms with Crippen LogP contribution in [0, 0.1) is 0 Å². The number of aliphatic imine (C=N–C) groups is 1. The highest BCUT2D eigenvalue weighted by molar-refractivity contribution is 8.14. The van der Waals surface area contributed by atoms with E-state index in [0.717, 1.165) is 22.6 Å². The van der Waals surface area contributed by atoms with Crippen LogP contribution in [0.15, 0.2) is 53.5 Å². The van der Waals surface area contributed by atoms with E-state index in [2.05, 4.69) is 0 Å². The first kappa shape index (κ1) is 32.1. The van der Waals surface area contributed by atoms with Gasteiger partial charge in [-0.2, -0.15) is 0 Å². The van der Waals surface area contributed by atoms with Gasteiger partial charge in [-0.25, -0.2) is 4.79 Å². The predicted molar refractivity (Wildman–Crippen MR) is 161 cm³/mol. The molecule has 2 heterocycles. The SMILES string of the molecule is CCCOC(=O)N(C1=NC2C(O[C@H](CO)[C@@H](OCc3ccc(OC)cc3)[C@@H]2OCc2ccc(OC)cc2)S1)C(C)(C)C.